The summed E-state index contributed by atoms with van der Waals surface area (Å²) in [5, 5.41) is 6.22. The molecule has 0 saturated carbocycles. The lowest BCUT2D eigenvalue weighted by Crippen LogP contribution is -2.20. The zero-order valence-corrected chi connectivity index (χ0v) is 9.17. The fourth-order valence-electron chi connectivity index (χ4n) is 0.954. The van der Waals surface area contributed by atoms with Crippen LogP contribution >= 0.6 is 0 Å². The molecule has 86 valence electrons. The van der Waals surface area contributed by atoms with Crippen molar-refractivity contribution >= 4 is 15.8 Å². The molecule has 0 aliphatic rings. The number of rotatable bonds is 6. The summed E-state index contributed by atoms with van der Waals surface area (Å²) >= 11 is 0. The summed E-state index contributed by atoms with van der Waals surface area (Å²) < 4.78 is 29.9. The van der Waals surface area contributed by atoms with E-state index < -0.39 is 10.0 Å². The van der Waals surface area contributed by atoms with Crippen LogP contribution in [0.25, 0.3) is 0 Å². The van der Waals surface area contributed by atoms with Gasteiger partial charge in [-0.2, -0.15) is 5.10 Å². The maximum absolute atomic E-state index is 11.4. The summed E-state index contributed by atoms with van der Waals surface area (Å²) in [5.41, 5.74) is 6.02. The van der Waals surface area contributed by atoms with E-state index in [-0.39, 0.29) is 18.9 Å². The van der Waals surface area contributed by atoms with Crippen molar-refractivity contribution in [3.63, 3.8) is 0 Å². The van der Waals surface area contributed by atoms with Crippen LogP contribution in [-0.2, 0) is 21.3 Å². The minimum atomic E-state index is -3.40. The Balaban J connectivity index is 2.68. The molecule has 0 spiro atoms. The molecule has 0 amide bonds. The number of ether oxygens (including phenoxy) is 1. The number of sulfonamides is 1. The second-order valence-corrected chi connectivity index (χ2v) is 4.73. The van der Waals surface area contributed by atoms with E-state index in [4.69, 9.17) is 5.73 Å². The third-order valence-corrected chi connectivity index (χ3v) is 2.97. The normalized spacial score (nSPS) is 11.6. The highest BCUT2D eigenvalue weighted by atomic mass is 32.2. The largest absolute Gasteiger partial charge is 0.384 e. The molecule has 8 heteroatoms. The van der Waals surface area contributed by atoms with Gasteiger partial charge in [0.05, 0.1) is 18.6 Å². The summed E-state index contributed by atoms with van der Waals surface area (Å²) in [5.74, 6) is 0.209. The Morgan fingerprint density at radius 1 is 1.67 bits per heavy atom. The Morgan fingerprint density at radius 2 is 2.40 bits per heavy atom. The molecule has 0 radical (unpaired) electrons. The maximum Gasteiger partial charge on any atom is 0.236 e. The highest BCUT2D eigenvalue weighted by molar-refractivity contribution is 7.92. The Bertz CT molecular complexity index is 400. The minimum Gasteiger partial charge on any atom is -0.384 e. The van der Waals surface area contributed by atoms with E-state index in [2.05, 4.69) is 19.7 Å². The average Bonchev–Trinajstić information content (AvgIpc) is 2.61. The number of aromatic amines is 1. The van der Waals surface area contributed by atoms with Gasteiger partial charge in [0.2, 0.25) is 10.0 Å². The number of aromatic nitrogens is 2. The molecule has 4 N–H and O–H groups in total. The van der Waals surface area contributed by atoms with Crippen LogP contribution in [-0.4, -0.2) is 38.1 Å². The quantitative estimate of drug-likeness (QED) is 0.600. The number of nitrogens with one attached hydrogen (secondary N) is 2. The van der Waals surface area contributed by atoms with Crippen molar-refractivity contribution in [3.05, 3.63) is 11.8 Å². The second kappa shape index (κ2) is 5.10. The molecule has 1 aromatic heterocycles. The lowest BCUT2D eigenvalue weighted by Gasteiger charge is -2.06. The third-order valence-electron chi connectivity index (χ3n) is 1.75. The fourth-order valence-corrected chi connectivity index (χ4v) is 1.93. The van der Waals surface area contributed by atoms with E-state index in [9.17, 15) is 8.42 Å². The lowest BCUT2D eigenvalue weighted by atomic mass is 10.3. The average molecular weight is 234 g/mol. The van der Waals surface area contributed by atoms with Gasteiger partial charge in [-0.25, -0.2) is 8.42 Å². The molecule has 1 heterocycles. The monoisotopic (exact) mass is 234 g/mol. The van der Waals surface area contributed by atoms with Crippen LogP contribution in [0.3, 0.4) is 0 Å². The molecule has 0 atom stereocenters. The molecule has 0 aliphatic carbocycles. The maximum atomic E-state index is 11.4. The summed E-state index contributed by atoms with van der Waals surface area (Å²) in [6, 6.07) is 0. The number of nitrogens with two attached hydrogens (primary N) is 1. The van der Waals surface area contributed by atoms with E-state index in [0.29, 0.717) is 11.4 Å². The molecule has 0 aliphatic heterocycles. The van der Waals surface area contributed by atoms with E-state index in [1.807, 2.05) is 0 Å². The third kappa shape index (κ3) is 3.50. The van der Waals surface area contributed by atoms with Crippen molar-refractivity contribution in [1.29, 1.82) is 0 Å². The van der Waals surface area contributed by atoms with Gasteiger partial charge in [-0.15, -0.1) is 0 Å². The van der Waals surface area contributed by atoms with Crippen molar-refractivity contribution in [3.8, 4) is 0 Å². The SMILES string of the molecule is COCCS(=O)(=O)Nc1[nH]ncc1CN. The number of anilines is 1. The van der Waals surface area contributed by atoms with Gasteiger partial charge in [0, 0.05) is 19.2 Å². The predicted molar refractivity (Wildman–Crippen MR) is 55.8 cm³/mol. The van der Waals surface area contributed by atoms with Gasteiger partial charge in [0.15, 0.2) is 0 Å². The number of H-pyrrole nitrogens is 1. The zero-order valence-electron chi connectivity index (χ0n) is 8.36. The molecule has 0 aromatic carbocycles. The number of methoxy groups -OCH3 is 1. The molecule has 0 fully saturated rings. The Kier molecular flexibility index (Phi) is 4.06. The molecule has 0 saturated heterocycles. The van der Waals surface area contributed by atoms with Gasteiger partial charge in [-0.05, 0) is 0 Å². The van der Waals surface area contributed by atoms with E-state index >= 15 is 0 Å². The van der Waals surface area contributed by atoms with Crippen LogP contribution in [0.2, 0.25) is 0 Å². The number of nitrogens with zero attached hydrogens (tertiary/aromatic N) is 1. The molecular formula is C7H14N4O3S. The summed E-state index contributed by atoms with van der Waals surface area (Å²) in [6.45, 7) is 0.361. The van der Waals surface area contributed by atoms with Gasteiger partial charge < -0.3 is 10.5 Å². The van der Waals surface area contributed by atoms with Crippen molar-refractivity contribution in [1.82, 2.24) is 10.2 Å². The van der Waals surface area contributed by atoms with Crippen LogP contribution < -0.4 is 10.5 Å². The first kappa shape index (κ1) is 12.0. The van der Waals surface area contributed by atoms with Gasteiger partial charge in [-0.3, -0.25) is 9.82 Å². The van der Waals surface area contributed by atoms with Gasteiger partial charge in [-0.1, -0.05) is 0 Å². The molecule has 1 rings (SSSR count). The molecule has 1 aromatic rings. The van der Waals surface area contributed by atoms with Crippen LogP contribution in [0.4, 0.5) is 5.82 Å². The number of hydrogen-bond donors (Lipinski definition) is 3. The van der Waals surface area contributed by atoms with Gasteiger partial charge in [0.25, 0.3) is 0 Å². The van der Waals surface area contributed by atoms with Crippen LogP contribution in [0.5, 0.6) is 0 Å². The number of hydrogen-bond acceptors (Lipinski definition) is 5. The topological polar surface area (TPSA) is 110 Å². The van der Waals surface area contributed by atoms with Crippen molar-refractivity contribution in [2.45, 2.75) is 6.54 Å². The van der Waals surface area contributed by atoms with Crippen molar-refractivity contribution < 1.29 is 13.2 Å². The Morgan fingerprint density at radius 3 is 3.00 bits per heavy atom. The van der Waals surface area contributed by atoms with E-state index in [1.165, 1.54) is 13.3 Å². The molecule has 0 unspecified atom stereocenters. The predicted octanol–water partition coefficient (Wildman–Crippen LogP) is -0.743. The Hall–Kier alpha value is -1.12. The van der Waals surface area contributed by atoms with E-state index in [1.54, 1.807) is 0 Å². The lowest BCUT2D eigenvalue weighted by molar-refractivity contribution is 0.217. The summed E-state index contributed by atoms with van der Waals surface area (Å²) in [6.07, 6.45) is 1.48. The smallest absolute Gasteiger partial charge is 0.236 e. The first-order chi connectivity index (χ1) is 7.09. The first-order valence-corrected chi connectivity index (χ1v) is 5.96. The first-order valence-electron chi connectivity index (χ1n) is 4.31. The van der Waals surface area contributed by atoms with Crippen molar-refractivity contribution in [2.24, 2.45) is 5.73 Å². The summed E-state index contributed by atoms with van der Waals surface area (Å²) in [4.78, 5) is 0. The molecular weight excluding hydrogens is 220 g/mol. The van der Waals surface area contributed by atoms with Crippen LogP contribution in [0.15, 0.2) is 6.20 Å². The highest BCUT2D eigenvalue weighted by Crippen LogP contribution is 2.11. The van der Waals surface area contributed by atoms with E-state index in [0.717, 1.165) is 0 Å². The van der Waals surface area contributed by atoms with Gasteiger partial charge >= 0.3 is 0 Å². The van der Waals surface area contributed by atoms with Crippen molar-refractivity contribution in [2.75, 3.05) is 24.2 Å². The summed E-state index contributed by atoms with van der Waals surface area (Å²) in [7, 11) is -1.96. The Labute approximate surface area is 88.1 Å². The second-order valence-electron chi connectivity index (χ2n) is 2.89. The molecule has 7 nitrogen and oxygen atoms in total. The van der Waals surface area contributed by atoms with Crippen LogP contribution in [0.1, 0.15) is 5.56 Å². The zero-order chi connectivity index (χ0) is 11.3. The molecule has 15 heavy (non-hydrogen) atoms. The highest BCUT2D eigenvalue weighted by Gasteiger charge is 2.13. The standard InChI is InChI=1S/C7H14N4O3S/c1-14-2-3-15(12,13)11-7-6(4-8)5-9-10-7/h5H,2-4,8H2,1H3,(H2,9,10,11). The fraction of sp³-hybridized carbons (Fsp3) is 0.571. The van der Waals surface area contributed by atoms with Gasteiger partial charge in [0.1, 0.15) is 5.82 Å². The van der Waals surface area contributed by atoms with Crippen LogP contribution in [0, 0.1) is 0 Å². The molecule has 0 bridgehead atoms. The minimum absolute atomic E-state index is 0.105.